The van der Waals surface area contributed by atoms with E-state index in [4.69, 9.17) is 9.26 Å². The summed E-state index contributed by atoms with van der Waals surface area (Å²) in [7, 11) is -4.01. The number of rotatable bonds is 8. The highest BCUT2D eigenvalue weighted by Crippen LogP contribution is 2.47. The van der Waals surface area contributed by atoms with E-state index in [1.807, 2.05) is 4.72 Å². The molecule has 168 valence electrons. The summed E-state index contributed by atoms with van der Waals surface area (Å²) in [6.07, 6.45) is -2.86. The molecular formula is C19H19F3N2O6S. The van der Waals surface area contributed by atoms with Gasteiger partial charge in [-0.15, -0.1) is 0 Å². The molecule has 31 heavy (non-hydrogen) atoms. The Morgan fingerprint density at radius 3 is 2.45 bits per heavy atom. The Kier molecular flexibility index (Phi) is 6.12. The number of carbonyl (C=O) groups is 2. The summed E-state index contributed by atoms with van der Waals surface area (Å²) in [5, 5.41) is 3.44. The van der Waals surface area contributed by atoms with Gasteiger partial charge in [0, 0.05) is 5.56 Å². The lowest BCUT2D eigenvalue weighted by Gasteiger charge is -2.18. The third-order valence-corrected chi connectivity index (χ3v) is 5.98. The zero-order chi connectivity index (χ0) is 23.0. The number of hydrogen-bond donors (Lipinski definition) is 1. The average molecular weight is 460 g/mol. The lowest BCUT2D eigenvalue weighted by atomic mass is 9.94. The van der Waals surface area contributed by atoms with E-state index in [2.05, 4.69) is 5.16 Å². The van der Waals surface area contributed by atoms with Crippen molar-refractivity contribution in [2.75, 3.05) is 17.1 Å². The standard InChI is InChI=1S/C19H19F3N2O6S/c1-3-29-18(26)16-13(9-30-23-16)17(25)12-7-11(10-5-6-10)14(19(20,21)22)8-15(12)24-31(27,28)4-2/h7-10,24H,3-6H2,1-2H3. The molecule has 2 aromatic rings. The summed E-state index contributed by atoms with van der Waals surface area (Å²) in [4.78, 5) is 25.2. The molecule has 1 aromatic heterocycles. The van der Waals surface area contributed by atoms with Crippen molar-refractivity contribution in [2.45, 2.75) is 38.8 Å². The van der Waals surface area contributed by atoms with Crippen LogP contribution in [0.15, 0.2) is 22.9 Å². The first-order valence-electron chi connectivity index (χ1n) is 9.40. The minimum absolute atomic E-state index is 0.00696. The van der Waals surface area contributed by atoms with E-state index in [0.29, 0.717) is 18.9 Å². The fourth-order valence-electron chi connectivity index (χ4n) is 3.00. The number of anilines is 1. The Morgan fingerprint density at radius 1 is 1.23 bits per heavy atom. The van der Waals surface area contributed by atoms with Gasteiger partial charge in [0.15, 0.2) is 0 Å². The van der Waals surface area contributed by atoms with Gasteiger partial charge >= 0.3 is 12.1 Å². The molecule has 1 N–H and O–H groups in total. The van der Waals surface area contributed by atoms with Crippen LogP contribution in [0.4, 0.5) is 18.9 Å². The highest BCUT2D eigenvalue weighted by Gasteiger charge is 2.40. The van der Waals surface area contributed by atoms with Crippen molar-refractivity contribution >= 4 is 27.5 Å². The summed E-state index contributed by atoms with van der Waals surface area (Å²) >= 11 is 0. The van der Waals surface area contributed by atoms with Crippen molar-refractivity contribution in [1.29, 1.82) is 0 Å². The molecule has 0 bridgehead atoms. The molecule has 12 heteroatoms. The SMILES string of the molecule is CCOC(=O)c1nocc1C(=O)c1cc(C2CC2)c(C(F)(F)F)cc1NS(=O)(=O)CC. The molecule has 0 atom stereocenters. The van der Waals surface area contributed by atoms with Gasteiger partial charge in [-0.1, -0.05) is 5.16 Å². The fraction of sp³-hybridized carbons (Fsp3) is 0.421. The van der Waals surface area contributed by atoms with Gasteiger partial charge in [0.05, 0.1) is 29.2 Å². The van der Waals surface area contributed by atoms with Gasteiger partial charge in [-0.2, -0.15) is 13.2 Å². The Morgan fingerprint density at radius 2 is 1.90 bits per heavy atom. The molecule has 0 amide bonds. The third-order valence-electron chi connectivity index (χ3n) is 4.69. The summed E-state index contributed by atoms with van der Waals surface area (Å²) in [5.74, 6) is -2.70. The van der Waals surface area contributed by atoms with Crippen LogP contribution < -0.4 is 4.72 Å². The van der Waals surface area contributed by atoms with Gasteiger partial charge in [-0.25, -0.2) is 13.2 Å². The van der Waals surface area contributed by atoms with Crippen molar-refractivity contribution in [2.24, 2.45) is 0 Å². The number of benzene rings is 1. The van der Waals surface area contributed by atoms with Crippen molar-refractivity contribution in [1.82, 2.24) is 5.16 Å². The molecule has 0 unspecified atom stereocenters. The maximum Gasteiger partial charge on any atom is 0.416 e. The van der Waals surface area contributed by atoms with E-state index in [1.165, 1.54) is 13.8 Å². The third kappa shape index (κ3) is 4.89. The summed E-state index contributed by atoms with van der Waals surface area (Å²) in [6.45, 7) is 2.83. The Balaban J connectivity index is 2.18. The highest BCUT2D eigenvalue weighted by molar-refractivity contribution is 7.92. The predicted octanol–water partition coefficient (Wildman–Crippen LogP) is 3.74. The minimum atomic E-state index is -4.75. The Bertz CT molecular complexity index is 1120. The summed E-state index contributed by atoms with van der Waals surface area (Å²) in [5.41, 5.74) is -2.82. The quantitative estimate of drug-likeness (QED) is 0.471. The van der Waals surface area contributed by atoms with E-state index in [1.54, 1.807) is 0 Å². The van der Waals surface area contributed by atoms with Crippen LogP contribution in [0, 0.1) is 0 Å². The van der Waals surface area contributed by atoms with Crippen LogP contribution in [0.25, 0.3) is 0 Å². The minimum Gasteiger partial charge on any atom is -0.461 e. The van der Waals surface area contributed by atoms with Crippen LogP contribution in [0.3, 0.4) is 0 Å². The maximum absolute atomic E-state index is 13.6. The second-order valence-electron chi connectivity index (χ2n) is 6.89. The number of sulfonamides is 1. The van der Waals surface area contributed by atoms with Crippen LogP contribution in [-0.2, 0) is 20.9 Å². The predicted molar refractivity (Wildman–Crippen MR) is 102 cm³/mol. The molecule has 1 saturated carbocycles. The van der Waals surface area contributed by atoms with E-state index in [-0.39, 0.29) is 23.3 Å². The zero-order valence-electron chi connectivity index (χ0n) is 16.6. The molecular weight excluding hydrogens is 441 g/mol. The van der Waals surface area contributed by atoms with Crippen LogP contribution in [0.2, 0.25) is 0 Å². The number of ketones is 1. The van der Waals surface area contributed by atoms with Crippen molar-refractivity contribution in [3.63, 3.8) is 0 Å². The molecule has 0 saturated heterocycles. The van der Waals surface area contributed by atoms with E-state index in [9.17, 15) is 31.2 Å². The number of ether oxygens (including phenoxy) is 1. The van der Waals surface area contributed by atoms with Gasteiger partial charge in [-0.05, 0) is 50.3 Å². The van der Waals surface area contributed by atoms with Gasteiger partial charge in [0.1, 0.15) is 6.26 Å². The number of carbonyl (C=O) groups excluding carboxylic acids is 2. The highest BCUT2D eigenvalue weighted by atomic mass is 32.2. The number of nitrogens with zero attached hydrogens (tertiary/aromatic N) is 1. The van der Waals surface area contributed by atoms with Crippen LogP contribution in [0.5, 0.6) is 0 Å². The Labute approximate surface area is 175 Å². The molecule has 3 rings (SSSR count). The first kappa shape index (κ1) is 22.8. The van der Waals surface area contributed by atoms with Crippen molar-refractivity contribution < 1.29 is 40.4 Å². The zero-order valence-corrected chi connectivity index (χ0v) is 17.4. The number of hydrogen-bond acceptors (Lipinski definition) is 7. The number of halogens is 3. The first-order chi connectivity index (χ1) is 14.5. The van der Waals surface area contributed by atoms with Gasteiger partial charge < -0.3 is 9.26 Å². The normalized spacial score (nSPS) is 14.4. The molecule has 1 aliphatic rings. The number of aromatic nitrogens is 1. The molecule has 1 heterocycles. The lowest BCUT2D eigenvalue weighted by molar-refractivity contribution is -0.138. The molecule has 0 spiro atoms. The Hall–Kier alpha value is -2.89. The molecule has 0 aliphatic heterocycles. The van der Waals surface area contributed by atoms with Gasteiger partial charge in [-0.3, -0.25) is 9.52 Å². The number of esters is 1. The lowest BCUT2D eigenvalue weighted by Crippen LogP contribution is -2.20. The summed E-state index contributed by atoms with van der Waals surface area (Å²) < 4.78 is 76.6. The largest absolute Gasteiger partial charge is 0.461 e. The van der Waals surface area contributed by atoms with Gasteiger partial charge in [0.25, 0.3) is 0 Å². The van der Waals surface area contributed by atoms with Gasteiger partial charge in [0.2, 0.25) is 21.5 Å². The first-order valence-corrected chi connectivity index (χ1v) is 11.1. The smallest absolute Gasteiger partial charge is 0.416 e. The van der Waals surface area contributed by atoms with Crippen LogP contribution >= 0.6 is 0 Å². The maximum atomic E-state index is 13.6. The van der Waals surface area contributed by atoms with E-state index >= 15 is 0 Å². The second kappa shape index (κ2) is 8.33. The molecule has 1 aromatic carbocycles. The molecule has 0 radical (unpaired) electrons. The fourth-order valence-corrected chi connectivity index (χ4v) is 3.64. The monoisotopic (exact) mass is 460 g/mol. The molecule has 8 nitrogen and oxygen atoms in total. The molecule has 1 fully saturated rings. The second-order valence-corrected chi connectivity index (χ2v) is 8.90. The molecule has 1 aliphatic carbocycles. The van der Waals surface area contributed by atoms with E-state index in [0.717, 1.165) is 12.3 Å². The van der Waals surface area contributed by atoms with Crippen LogP contribution in [-0.4, -0.2) is 37.7 Å². The average Bonchev–Trinajstić information content (AvgIpc) is 3.42. The van der Waals surface area contributed by atoms with E-state index < -0.39 is 56.6 Å². The summed E-state index contributed by atoms with van der Waals surface area (Å²) in [6, 6.07) is 1.64. The number of alkyl halides is 3. The van der Waals surface area contributed by atoms with Crippen LogP contribution in [0.1, 0.15) is 70.1 Å². The van der Waals surface area contributed by atoms with Crippen molar-refractivity contribution in [3.05, 3.63) is 46.3 Å². The van der Waals surface area contributed by atoms with Crippen molar-refractivity contribution in [3.8, 4) is 0 Å². The topological polar surface area (TPSA) is 116 Å². The number of nitrogens with one attached hydrogen (secondary N) is 1.